The summed E-state index contributed by atoms with van der Waals surface area (Å²) in [6, 6.07) is 7.63. The van der Waals surface area contributed by atoms with Crippen molar-refractivity contribution in [3.8, 4) is 5.75 Å². The van der Waals surface area contributed by atoms with Crippen LogP contribution in [0.1, 0.15) is 44.7 Å². The van der Waals surface area contributed by atoms with Crippen LogP contribution in [-0.4, -0.2) is 30.5 Å². The van der Waals surface area contributed by atoms with Gasteiger partial charge in [0.15, 0.2) is 0 Å². The first-order chi connectivity index (χ1) is 10.1. The lowest BCUT2D eigenvalue weighted by atomic mass is 10.0. The lowest BCUT2D eigenvalue weighted by molar-refractivity contribution is -0.130. The third kappa shape index (κ3) is 4.21. The number of carbonyl (C=O) groups is 1. The number of hydrogen-bond donors (Lipinski definition) is 1. The van der Waals surface area contributed by atoms with Crippen molar-refractivity contribution in [3.05, 3.63) is 29.8 Å². The first-order valence-electron chi connectivity index (χ1n) is 7.87. The molecule has 2 N–H and O–H groups in total. The minimum Gasteiger partial charge on any atom is -0.494 e. The Bertz CT molecular complexity index is 476. The summed E-state index contributed by atoms with van der Waals surface area (Å²) in [6.45, 7) is 6.16. The van der Waals surface area contributed by atoms with E-state index in [1.54, 1.807) is 0 Å². The Kier molecular flexibility index (Phi) is 5.62. The van der Waals surface area contributed by atoms with Crippen molar-refractivity contribution >= 4 is 5.91 Å². The monoisotopic (exact) mass is 290 g/mol. The Balaban J connectivity index is 2.06. The van der Waals surface area contributed by atoms with Crippen molar-refractivity contribution < 1.29 is 9.53 Å². The molecule has 1 aromatic rings. The van der Waals surface area contributed by atoms with Gasteiger partial charge >= 0.3 is 0 Å². The minimum atomic E-state index is -0.204. The molecule has 2 atom stereocenters. The molecule has 0 bridgehead atoms. The van der Waals surface area contributed by atoms with E-state index in [-0.39, 0.29) is 11.9 Å². The maximum Gasteiger partial charge on any atom is 0.222 e. The molecule has 1 aromatic carbocycles. The Labute approximate surface area is 127 Å². The lowest BCUT2D eigenvalue weighted by Crippen LogP contribution is -2.37. The fourth-order valence-electron chi connectivity index (χ4n) is 2.78. The highest BCUT2D eigenvalue weighted by Crippen LogP contribution is 2.26. The van der Waals surface area contributed by atoms with Crippen molar-refractivity contribution in [2.45, 2.75) is 39.2 Å². The number of hydrogen-bond acceptors (Lipinski definition) is 3. The van der Waals surface area contributed by atoms with Crippen LogP contribution in [0, 0.1) is 5.92 Å². The second-order valence-corrected chi connectivity index (χ2v) is 5.85. The summed E-state index contributed by atoms with van der Waals surface area (Å²) in [5, 5.41) is 0. The van der Waals surface area contributed by atoms with Crippen molar-refractivity contribution in [2.24, 2.45) is 11.7 Å². The van der Waals surface area contributed by atoms with E-state index in [4.69, 9.17) is 10.5 Å². The van der Waals surface area contributed by atoms with E-state index in [2.05, 4.69) is 6.92 Å². The summed E-state index contributed by atoms with van der Waals surface area (Å²) in [7, 11) is 0. The van der Waals surface area contributed by atoms with Crippen LogP contribution in [0.25, 0.3) is 0 Å². The van der Waals surface area contributed by atoms with E-state index in [1.807, 2.05) is 36.1 Å². The number of carbonyl (C=O) groups excluding carboxylic acids is 1. The van der Waals surface area contributed by atoms with Gasteiger partial charge in [-0.1, -0.05) is 25.1 Å². The topological polar surface area (TPSA) is 55.6 Å². The van der Waals surface area contributed by atoms with Crippen LogP contribution < -0.4 is 10.5 Å². The van der Waals surface area contributed by atoms with E-state index in [0.717, 1.165) is 30.7 Å². The Hall–Kier alpha value is -1.55. The number of para-hydroxylation sites is 1. The van der Waals surface area contributed by atoms with Gasteiger partial charge in [-0.25, -0.2) is 0 Å². The molecule has 0 spiro atoms. The summed E-state index contributed by atoms with van der Waals surface area (Å²) >= 11 is 0. The highest BCUT2D eigenvalue weighted by Gasteiger charge is 2.23. The van der Waals surface area contributed by atoms with E-state index in [0.29, 0.717) is 25.5 Å². The van der Waals surface area contributed by atoms with Crippen LogP contribution in [0.4, 0.5) is 0 Å². The van der Waals surface area contributed by atoms with Gasteiger partial charge in [-0.3, -0.25) is 4.79 Å². The summed E-state index contributed by atoms with van der Waals surface area (Å²) < 4.78 is 5.63. The number of rotatable bonds is 5. The molecule has 0 radical (unpaired) electrons. The van der Waals surface area contributed by atoms with Crippen LogP contribution in [0.15, 0.2) is 24.3 Å². The molecule has 1 amide bonds. The van der Waals surface area contributed by atoms with E-state index >= 15 is 0 Å². The molecule has 4 heteroatoms. The van der Waals surface area contributed by atoms with Gasteiger partial charge in [0, 0.05) is 25.1 Å². The Morgan fingerprint density at radius 3 is 2.90 bits per heavy atom. The fourth-order valence-corrected chi connectivity index (χ4v) is 2.78. The maximum atomic E-state index is 12.2. The lowest BCUT2D eigenvalue weighted by Gasteiger charge is -2.25. The molecule has 4 nitrogen and oxygen atoms in total. The van der Waals surface area contributed by atoms with Gasteiger partial charge in [-0.15, -0.1) is 0 Å². The van der Waals surface area contributed by atoms with Crippen LogP contribution in [0.3, 0.4) is 0 Å². The van der Waals surface area contributed by atoms with Gasteiger partial charge in [0.25, 0.3) is 0 Å². The molecule has 1 saturated heterocycles. The predicted octanol–water partition coefficient (Wildman–Crippen LogP) is 2.73. The van der Waals surface area contributed by atoms with Gasteiger partial charge in [0.2, 0.25) is 5.91 Å². The largest absolute Gasteiger partial charge is 0.494 e. The van der Waals surface area contributed by atoms with Gasteiger partial charge in [-0.2, -0.15) is 0 Å². The highest BCUT2D eigenvalue weighted by molar-refractivity contribution is 5.76. The molecular weight excluding hydrogens is 264 g/mol. The summed E-state index contributed by atoms with van der Waals surface area (Å²) in [4.78, 5) is 14.1. The van der Waals surface area contributed by atoms with Crippen molar-refractivity contribution in [3.63, 3.8) is 0 Å². The zero-order chi connectivity index (χ0) is 15.2. The maximum absolute atomic E-state index is 12.2. The zero-order valence-corrected chi connectivity index (χ0v) is 13.0. The second-order valence-electron chi connectivity index (χ2n) is 5.85. The molecule has 0 aromatic heterocycles. The van der Waals surface area contributed by atoms with Crippen molar-refractivity contribution in [1.29, 1.82) is 0 Å². The molecule has 1 aliphatic rings. The smallest absolute Gasteiger partial charge is 0.222 e. The standard InChI is InChI=1S/C17H26N2O2/c1-3-21-16-7-5-4-6-14(16)15(18)12-19-11-10-13(2)8-9-17(19)20/h4-7,13,15H,3,8-12,18H2,1-2H3. The summed E-state index contributed by atoms with van der Waals surface area (Å²) in [5.74, 6) is 1.66. The number of ether oxygens (including phenoxy) is 1. The van der Waals surface area contributed by atoms with Gasteiger partial charge in [-0.05, 0) is 31.7 Å². The average Bonchev–Trinajstić information content (AvgIpc) is 2.63. The van der Waals surface area contributed by atoms with E-state index < -0.39 is 0 Å². The van der Waals surface area contributed by atoms with Crippen molar-refractivity contribution in [2.75, 3.05) is 19.7 Å². The molecule has 1 heterocycles. The first-order valence-corrected chi connectivity index (χ1v) is 7.87. The highest BCUT2D eigenvalue weighted by atomic mass is 16.5. The van der Waals surface area contributed by atoms with Gasteiger partial charge < -0.3 is 15.4 Å². The summed E-state index contributed by atoms with van der Waals surface area (Å²) in [5.41, 5.74) is 7.31. The first kappa shape index (κ1) is 15.8. The quantitative estimate of drug-likeness (QED) is 0.907. The zero-order valence-electron chi connectivity index (χ0n) is 13.0. The van der Waals surface area contributed by atoms with Crippen LogP contribution in [0.2, 0.25) is 0 Å². The van der Waals surface area contributed by atoms with Crippen LogP contribution >= 0.6 is 0 Å². The molecule has 0 saturated carbocycles. The fraction of sp³-hybridized carbons (Fsp3) is 0.588. The molecule has 0 aliphatic carbocycles. The molecule has 116 valence electrons. The number of benzene rings is 1. The third-order valence-corrected chi connectivity index (χ3v) is 4.13. The number of likely N-dealkylation sites (tertiary alicyclic amines) is 1. The van der Waals surface area contributed by atoms with Gasteiger partial charge in [0.05, 0.1) is 12.6 Å². The van der Waals surface area contributed by atoms with Crippen molar-refractivity contribution in [1.82, 2.24) is 4.90 Å². The molecular formula is C17H26N2O2. The third-order valence-electron chi connectivity index (χ3n) is 4.13. The second kappa shape index (κ2) is 7.46. The van der Waals surface area contributed by atoms with Gasteiger partial charge in [0.1, 0.15) is 5.75 Å². The number of nitrogens with zero attached hydrogens (tertiary/aromatic N) is 1. The van der Waals surface area contributed by atoms with Crippen LogP contribution in [-0.2, 0) is 4.79 Å². The average molecular weight is 290 g/mol. The number of amides is 1. The molecule has 1 fully saturated rings. The molecule has 2 unspecified atom stereocenters. The summed E-state index contributed by atoms with van der Waals surface area (Å²) in [6.07, 6.45) is 2.69. The number of nitrogens with two attached hydrogens (primary N) is 1. The molecule has 2 rings (SSSR count). The normalized spacial score (nSPS) is 21.0. The van der Waals surface area contributed by atoms with E-state index in [1.165, 1.54) is 0 Å². The van der Waals surface area contributed by atoms with E-state index in [9.17, 15) is 4.79 Å². The molecule has 1 aliphatic heterocycles. The molecule has 21 heavy (non-hydrogen) atoms. The van der Waals surface area contributed by atoms with Crippen LogP contribution in [0.5, 0.6) is 5.75 Å². The Morgan fingerprint density at radius 1 is 1.38 bits per heavy atom. The Morgan fingerprint density at radius 2 is 2.14 bits per heavy atom. The SMILES string of the molecule is CCOc1ccccc1C(N)CN1CCC(C)CCC1=O. The minimum absolute atomic E-state index is 0.204. The predicted molar refractivity (Wildman–Crippen MR) is 84.1 cm³/mol.